The Morgan fingerprint density at radius 1 is 1.39 bits per heavy atom. The molecule has 0 aliphatic carbocycles. The zero-order valence-electron chi connectivity index (χ0n) is 13.9. The molecule has 128 valence electrons. The zero-order chi connectivity index (χ0) is 16.8. The summed E-state index contributed by atoms with van der Waals surface area (Å²) in [7, 11) is 1.34. The first kappa shape index (κ1) is 17.7. The molecule has 6 heteroatoms. The minimum Gasteiger partial charge on any atom is -0.491 e. The van der Waals surface area contributed by atoms with Crippen LogP contribution in [0.25, 0.3) is 0 Å². The lowest BCUT2D eigenvalue weighted by molar-refractivity contribution is -0.0650. The molecule has 1 fully saturated rings. The molecule has 0 unspecified atom stereocenters. The Bertz CT molecular complexity index is 504. The van der Waals surface area contributed by atoms with E-state index in [1.165, 1.54) is 7.11 Å². The molecule has 0 radical (unpaired) electrons. The van der Waals surface area contributed by atoms with E-state index in [9.17, 15) is 9.90 Å². The van der Waals surface area contributed by atoms with Crippen molar-refractivity contribution in [1.29, 1.82) is 0 Å². The van der Waals surface area contributed by atoms with Crippen molar-refractivity contribution in [3.63, 3.8) is 0 Å². The maximum Gasteiger partial charge on any atom is 0.337 e. The van der Waals surface area contributed by atoms with Crippen LogP contribution in [0, 0.1) is 0 Å². The van der Waals surface area contributed by atoms with Crippen LogP contribution in [0.2, 0.25) is 0 Å². The van der Waals surface area contributed by atoms with Crippen molar-refractivity contribution in [1.82, 2.24) is 4.90 Å². The molecule has 0 saturated carbocycles. The fourth-order valence-electron chi connectivity index (χ4n) is 2.55. The lowest BCUT2D eigenvalue weighted by Gasteiger charge is -2.37. The molecule has 2 rings (SSSR count). The fourth-order valence-corrected chi connectivity index (χ4v) is 2.55. The van der Waals surface area contributed by atoms with Crippen LogP contribution in [-0.2, 0) is 9.47 Å². The number of carbonyl (C=O) groups is 1. The molecule has 6 nitrogen and oxygen atoms in total. The minimum absolute atomic E-state index is 0.185. The highest BCUT2D eigenvalue weighted by Crippen LogP contribution is 2.15. The Hall–Kier alpha value is -1.63. The molecule has 23 heavy (non-hydrogen) atoms. The van der Waals surface area contributed by atoms with Crippen LogP contribution in [-0.4, -0.2) is 67.6 Å². The van der Waals surface area contributed by atoms with E-state index in [1.54, 1.807) is 24.3 Å². The molecule has 0 spiro atoms. The third-order valence-corrected chi connectivity index (χ3v) is 3.90. The van der Waals surface area contributed by atoms with Gasteiger partial charge in [-0.15, -0.1) is 0 Å². The topological polar surface area (TPSA) is 68.2 Å². The standard InChI is InChI=1S/C17H25NO5/c1-12-10-22-13(2)8-18(12)9-15(19)11-23-16-6-4-14(5-7-16)17(20)21-3/h4-7,12-13,15,19H,8-11H2,1-3H3/t12-,13+,15-/m1/s1. The number of ether oxygens (including phenoxy) is 3. The second-order valence-electron chi connectivity index (χ2n) is 5.93. The first-order valence-electron chi connectivity index (χ1n) is 7.84. The summed E-state index contributed by atoms with van der Waals surface area (Å²) >= 11 is 0. The second kappa shape index (κ2) is 8.29. The van der Waals surface area contributed by atoms with Gasteiger partial charge in [-0.05, 0) is 38.1 Å². The van der Waals surface area contributed by atoms with E-state index in [4.69, 9.17) is 9.47 Å². The number of carbonyl (C=O) groups excluding carboxylic acids is 1. The highest BCUT2D eigenvalue weighted by Gasteiger charge is 2.25. The van der Waals surface area contributed by atoms with Gasteiger partial charge in [0, 0.05) is 19.1 Å². The number of morpholine rings is 1. The number of benzene rings is 1. The Kier molecular flexibility index (Phi) is 6.38. The third-order valence-electron chi connectivity index (χ3n) is 3.90. The van der Waals surface area contributed by atoms with Gasteiger partial charge < -0.3 is 19.3 Å². The van der Waals surface area contributed by atoms with Crippen LogP contribution in [0.5, 0.6) is 5.75 Å². The summed E-state index contributed by atoms with van der Waals surface area (Å²) in [6.45, 7) is 6.37. The fraction of sp³-hybridized carbons (Fsp3) is 0.588. The largest absolute Gasteiger partial charge is 0.491 e. The first-order valence-corrected chi connectivity index (χ1v) is 7.84. The van der Waals surface area contributed by atoms with E-state index in [-0.39, 0.29) is 18.7 Å². The van der Waals surface area contributed by atoms with E-state index in [0.29, 0.717) is 30.5 Å². The monoisotopic (exact) mass is 323 g/mol. The van der Waals surface area contributed by atoms with Crippen LogP contribution in [0.3, 0.4) is 0 Å². The highest BCUT2D eigenvalue weighted by atomic mass is 16.5. The summed E-state index contributed by atoms with van der Waals surface area (Å²) in [5, 5.41) is 10.2. The average molecular weight is 323 g/mol. The number of rotatable bonds is 6. The number of β-amino-alcohol motifs (C(OH)–C–C–N with tert-alkyl or cyclic N) is 1. The summed E-state index contributed by atoms with van der Waals surface area (Å²) in [6.07, 6.45) is -0.395. The van der Waals surface area contributed by atoms with Crippen molar-refractivity contribution in [2.45, 2.75) is 32.1 Å². The van der Waals surface area contributed by atoms with Crippen LogP contribution in [0.15, 0.2) is 24.3 Å². The van der Waals surface area contributed by atoms with Crippen LogP contribution < -0.4 is 4.74 Å². The number of nitrogens with zero attached hydrogens (tertiary/aromatic N) is 1. The number of hydrogen-bond acceptors (Lipinski definition) is 6. The van der Waals surface area contributed by atoms with E-state index in [2.05, 4.69) is 16.6 Å². The summed E-state index contributed by atoms with van der Waals surface area (Å²) < 4.78 is 15.8. The maximum atomic E-state index is 11.4. The predicted octanol–water partition coefficient (Wildman–Crippen LogP) is 1.32. The van der Waals surface area contributed by atoms with Crippen LogP contribution in [0.4, 0.5) is 0 Å². The third kappa shape index (κ3) is 5.20. The molecular weight excluding hydrogens is 298 g/mol. The number of hydrogen-bond donors (Lipinski definition) is 1. The molecule has 1 aliphatic rings. The van der Waals surface area contributed by atoms with Gasteiger partial charge in [0.05, 0.1) is 25.4 Å². The second-order valence-corrected chi connectivity index (χ2v) is 5.93. The van der Waals surface area contributed by atoms with E-state index in [1.807, 2.05) is 6.92 Å². The Morgan fingerprint density at radius 3 is 2.74 bits per heavy atom. The Morgan fingerprint density at radius 2 is 2.09 bits per heavy atom. The minimum atomic E-state index is -0.581. The lowest BCUT2D eigenvalue weighted by atomic mass is 10.2. The van der Waals surface area contributed by atoms with Gasteiger partial charge in [0.25, 0.3) is 0 Å². The Balaban J connectivity index is 1.79. The van der Waals surface area contributed by atoms with Gasteiger partial charge in [-0.2, -0.15) is 0 Å². The Labute approximate surface area is 136 Å². The van der Waals surface area contributed by atoms with Crippen molar-refractivity contribution >= 4 is 5.97 Å². The van der Waals surface area contributed by atoms with E-state index >= 15 is 0 Å². The number of methoxy groups -OCH3 is 1. The molecule has 1 aromatic rings. The predicted molar refractivity (Wildman–Crippen MR) is 85.7 cm³/mol. The van der Waals surface area contributed by atoms with Gasteiger partial charge in [-0.3, -0.25) is 4.90 Å². The lowest BCUT2D eigenvalue weighted by Crippen LogP contribution is -2.50. The number of aliphatic hydroxyl groups is 1. The number of esters is 1. The molecule has 0 amide bonds. The summed E-state index contributed by atoms with van der Waals surface area (Å²) in [5.41, 5.74) is 0.469. The van der Waals surface area contributed by atoms with Crippen LogP contribution in [0.1, 0.15) is 24.2 Å². The normalized spacial score (nSPS) is 23.3. The molecule has 0 bridgehead atoms. The van der Waals surface area contributed by atoms with Gasteiger partial charge >= 0.3 is 5.97 Å². The van der Waals surface area contributed by atoms with Crippen LogP contribution >= 0.6 is 0 Å². The van der Waals surface area contributed by atoms with Crippen molar-refractivity contribution in [3.8, 4) is 5.75 Å². The zero-order valence-corrected chi connectivity index (χ0v) is 13.9. The average Bonchev–Trinajstić information content (AvgIpc) is 2.56. The quantitative estimate of drug-likeness (QED) is 0.797. The summed E-state index contributed by atoms with van der Waals surface area (Å²) in [4.78, 5) is 13.6. The van der Waals surface area contributed by atoms with Crippen molar-refractivity contribution in [3.05, 3.63) is 29.8 Å². The molecule has 1 aliphatic heterocycles. The van der Waals surface area contributed by atoms with Gasteiger partial charge in [0.15, 0.2) is 0 Å². The summed E-state index contributed by atoms with van der Waals surface area (Å²) in [5.74, 6) is 0.229. The SMILES string of the molecule is COC(=O)c1ccc(OC[C@H](O)CN2C[C@H](C)OC[C@H]2C)cc1. The molecule has 3 atom stereocenters. The summed E-state index contributed by atoms with van der Waals surface area (Å²) in [6, 6.07) is 6.95. The van der Waals surface area contributed by atoms with Gasteiger partial charge in [0.1, 0.15) is 18.5 Å². The highest BCUT2D eigenvalue weighted by molar-refractivity contribution is 5.89. The first-order chi connectivity index (χ1) is 11.0. The molecule has 0 aromatic heterocycles. The molecule has 1 heterocycles. The van der Waals surface area contributed by atoms with Crippen molar-refractivity contribution in [2.75, 3.05) is 33.4 Å². The van der Waals surface area contributed by atoms with Crippen molar-refractivity contribution in [2.24, 2.45) is 0 Å². The van der Waals surface area contributed by atoms with E-state index in [0.717, 1.165) is 6.54 Å². The molecule has 1 saturated heterocycles. The number of aliphatic hydroxyl groups excluding tert-OH is 1. The molecule has 1 N–H and O–H groups in total. The molecule has 1 aromatic carbocycles. The van der Waals surface area contributed by atoms with Gasteiger partial charge in [-0.1, -0.05) is 0 Å². The smallest absolute Gasteiger partial charge is 0.337 e. The maximum absolute atomic E-state index is 11.4. The van der Waals surface area contributed by atoms with Gasteiger partial charge in [-0.25, -0.2) is 4.79 Å². The van der Waals surface area contributed by atoms with E-state index < -0.39 is 6.10 Å². The van der Waals surface area contributed by atoms with Crippen molar-refractivity contribution < 1.29 is 24.1 Å². The van der Waals surface area contributed by atoms with Gasteiger partial charge in [0.2, 0.25) is 0 Å². The molecular formula is C17H25NO5.